The Bertz CT molecular complexity index is 1150. The van der Waals surface area contributed by atoms with Gasteiger partial charge in [-0.2, -0.15) is 5.10 Å². The van der Waals surface area contributed by atoms with Crippen LogP contribution in [0.5, 0.6) is 0 Å². The first-order valence-electron chi connectivity index (χ1n) is 9.11. The maximum atomic E-state index is 12.7. The molecule has 0 atom stereocenters. The predicted molar refractivity (Wildman–Crippen MR) is 121 cm³/mol. The Hall–Kier alpha value is -2.81. The van der Waals surface area contributed by atoms with Gasteiger partial charge < -0.3 is 0 Å². The molecule has 1 aromatic heterocycles. The lowest BCUT2D eigenvalue weighted by Gasteiger charge is -2.08. The lowest BCUT2D eigenvalue weighted by Crippen LogP contribution is -2.45. The largest absolute Gasteiger partial charge is 0.310 e. The summed E-state index contributed by atoms with van der Waals surface area (Å²) in [5.41, 5.74) is 6.29. The number of amides is 2. The molecule has 0 unspecified atom stereocenters. The average Bonchev–Trinajstić information content (AvgIpc) is 3.06. The Kier molecular flexibility index (Phi) is 7.37. The second-order valence-corrected chi connectivity index (χ2v) is 8.35. The third-order valence-electron chi connectivity index (χ3n) is 4.29. The predicted octanol–water partition coefficient (Wildman–Crippen LogP) is 3.92. The highest BCUT2D eigenvalue weighted by molar-refractivity contribution is 8.00. The van der Waals surface area contributed by atoms with Crippen LogP contribution >= 0.6 is 35.0 Å². The number of Topliss-reactive ketones (excluding diaryl/α,β-unsaturated/α-hetero) is 1. The maximum Gasteiger partial charge on any atom is 0.310 e. The zero-order valence-electron chi connectivity index (χ0n) is 16.6. The summed E-state index contributed by atoms with van der Waals surface area (Å²) in [7, 11) is 0. The van der Waals surface area contributed by atoms with Crippen molar-refractivity contribution in [2.45, 2.75) is 18.7 Å². The third-order valence-corrected chi connectivity index (χ3v) is 6.02. The molecule has 0 fully saturated rings. The molecule has 0 aliphatic rings. The van der Waals surface area contributed by atoms with Crippen LogP contribution in [0, 0.1) is 13.8 Å². The molecule has 3 aromatic rings. The number of carbonyl (C=O) groups is 3. The van der Waals surface area contributed by atoms with Crippen molar-refractivity contribution in [1.82, 2.24) is 20.6 Å². The molecule has 2 amide bonds. The zero-order chi connectivity index (χ0) is 22.5. The molecule has 2 N–H and O–H groups in total. The minimum Gasteiger partial charge on any atom is -0.283 e. The number of aryl methyl sites for hydroxylation is 1. The molecule has 0 saturated heterocycles. The Balaban J connectivity index is 1.61. The summed E-state index contributed by atoms with van der Waals surface area (Å²) in [6.07, 6.45) is 0. The Morgan fingerprint density at radius 1 is 1.03 bits per heavy atom. The number of carbonyl (C=O) groups excluding carboxylic acids is 3. The van der Waals surface area contributed by atoms with Crippen molar-refractivity contribution in [3.05, 3.63) is 75.5 Å². The number of hydrazine groups is 1. The second-order valence-electron chi connectivity index (χ2n) is 6.49. The second kappa shape index (κ2) is 10.00. The molecule has 2 aromatic carbocycles. The monoisotopic (exact) mass is 476 g/mol. The van der Waals surface area contributed by atoms with E-state index in [0.717, 1.165) is 17.4 Å². The van der Waals surface area contributed by atoms with E-state index in [4.69, 9.17) is 23.2 Å². The van der Waals surface area contributed by atoms with Crippen LogP contribution in [0.3, 0.4) is 0 Å². The summed E-state index contributed by atoms with van der Waals surface area (Å²) < 4.78 is 1.60. The number of thioether (sulfide) groups is 1. The molecular weight excluding hydrogens is 459 g/mol. The quantitative estimate of drug-likeness (QED) is 0.243. The van der Waals surface area contributed by atoms with Gasteiger partial charge in [-0.1, -0.05) is 41.4 Å². The van der Waals surface area contributed by atoms with E-state index in [2.05, 4.69) is 16.0 Å². The lowest BCUT2D eigenvalue weighted by molar-refractivity contribution is -0.125. The van der Waals surface area contributed by atoms with Crippen LogP contribution in [-0.2, 0) is 9.59 Å². The van der Waals surface area contributed by atoms with E-state index in [-0.39, 0.29) is 11.3 Å². The summed E-state index contributed by atoms with van der Waals surface area (Å²) in [4.78, 5) is 37.6. The molecule has 0 spiro atoms. The van der Waals surface area contributed by atoms with Crippen molar-refractivity contribution < 1.29 is 14.4 Å². The number of rotatable bonds is 6. The van der Waals surface area contributed by atoms with Gasteiger partial charge in [-0.05, 0) is 44.2 Å². The van der Waals surface area contributed by atoms with E-state index >= 15 is 0 Å². The SMILES string of the molecule is Cc1nn(-c2ccccc2)c(C)c1C(=O)C(=O)NNC(=O)CSc1cc(Cl)ccc1Cl. The van der Waals surface area contributed by atoms with Gasteiger partial charge in [-0.25, -0.2) is 4.68 Å². The van der Waals surface area contributed by atoms with Crippen LogP contribution in [-0.4, -0.2) is 33.1 Å². The minimum absolute atomic E-state index is 0.0292. The van der Waals surface area contributed by atoms with Gasteiger partial charge in [0.05, 0.1) is 33.4 Å². The first-order chi connectivity index (χ1) is 14.8. The van der Waals surface area contributed by atoms with Crippen LogP contribution in [0.15, 0.2) is 53.4 Å². The molecule has 31 heavy (non-hydrogen) atoms. The molecule has 160 valence electrons. The van der Waals surface area contributed by atoms with Crippen LogP contribution in [0.25, 0.3) is 5.69 Å². The summed E-state index contributed by atoms with van der Waals surface area (Å²) in [6.45, 7) is 3.36. The number of hydrogen-bond acceptors (Lipinski definition) is 5. The molecule has 3 rings (SSSR count). The molecular formula is C21H18Cl2N4O3S. The van der Waals surface area contributed by atoms with Gasteiger partial charge in [0.25, 0.3) is 5.78 Å². The molecule has 10 heteroatoms. The summed E-state index contributed by atoms with van der Waals surface area (Å²) in [6, 6.07) is 14.2. The highest BCUT2D eigenvalue weighted by Gasteiger charge is 2.25. The number of hydrogen-bond donors (Lipinski definition) is 2. The smallest absolute Gasteiger partial charge is 0.283 e. The molecule has 7 nitrogen and oxygen atoms in total. The number of para-hydroxylation sites is 1. The molecule has 0 aliphatic heterocycles. The van der Waals surface area contributed by atoms with Crippen LogP contribution in [0.2, 0.25) is 10.0 Å². The van der Waals surface area contributed by atoms with Gasteiger partial charge in [0, 0.05) is 9.92 Å². The van der Waals surface area contributed by atoms with Gasteiger partial charge in [0.15, 0.2) is 0 Å². The number of halogens is 2. The van der Waals surface area contributed by atoms with Gasteiger partial charge in [-0.3, -0.25) is 25.2 Å². The molecule has 0 bridgehead atoms. The normalized spacial score (nSPS) is 10.6. The highest BCUT2D eigenvalue weighted by Crippen LogP contribution is 2.29. The minimum atomic E-state index is -0.960. The van der Waals surface area contributed by atoms with Crippen molar-refractivity contribution in [3.63, 3.8) is 0 Å². The fraction of sp³-hybridized carbons (Fsp3) is 0.143. The zero-order valence-corrected chi connectivity index (χ0v) is 18.9. The van der Waals surface area contributed by atoms with Crippen molar-refractivity contribution in [2.75, 3.05) is 5.75 Å². The van der Waals surface area contributed by atoms with Crippen molar-refractivity contribution in [3.8, 4) is 5.69 Å². The first kappa shape index (κ1) is 22.9. The van der Waals surface area contributed by atoms with Crippen LogP contribution in [0.4, 0.5) is 0 Å². The van der Waals surface area contributed by atoms with Crippen molar-refractivity contribution in [1.29, 1.82) is 0 Å². The Morgan fingerprint density at radius 2 is 1.74 bits per heavy atom. The number of benzene rings is 2. The standard InChI is InChI=1S/C21H18Cl2N4O3S/c1-12-19(13(2)27(26-12)15-6-4-3-5-7-15)20(29)21(30)25-24-18(28)11-31-17-10-14(22)8-9-16(17)23/h3-10H,11H2,1-2H3,(H,24,28)(H,25,30). The maximum absolute atomic E-state index is 12.7. The van der Waals surface area contributed by atoms with E-state index in [9.17, 15) is 14.4 Å². The van der Waals surface area contributed by atoms with Gasteiger partial charge >= 0.3 is 5.91 Å². The summed E-state index contributed by atoms with van der Waals surface area (Å²) in [5.74, 6) is -2.28. The number of nitrogens with one attached hydrogen (secondary N) is 2. The molecule has 0 radical (unpaired) electrons. The van der Waals surface area contributed by atoms with Gasteiger partial charge in [-0.15, -0.1) is 11.8 Å². The van der Waals surface area contributed by atoms with Gasteiger partial charge in [0.1, 0.15) is 0 Å². The van der Waals surface area contributed by atoms with Crippen LogP contribution < -0.4 is 10.9 Å². The van der Waals surface area contributed by atoms with Crippen LogP contribution in [0.1, 0.15) is 21.7 Å². The summed E-state index contributed by atoms with van der Waals surface area (Å²) >= 11 is 13.1. The fourth-order valence-electron chi connectivity index (χ4n) is 2.86. The highest BCUT2D eigenvalue weighted by atomic mass is 35.5. The number of ketones is 1. The lowest BCUT2D eigenvalue weighted by atomic mass is 10.1. The molecule has 0 aliphatic carbocycles. The number of aromatic nitrogens is 2. The first-order valence-corrected chi connectivity index (χ1v) is 10.8. The van der Waals surface area contributed by atoms with E-state index in [1.807, 2.05) is 30.3 Å². The number of nitrogens with zero attached hydrogens (tertiary/aromatic N) is 2. The Labute approximate surface area is 193 Å². The van der Waals surface area contributed by atoms with E-state index in [1.165, 1.54) is 0 Å². The third kappa shape index (κ3) is 5.46. The van der Waals surface area contributed by atoms with Crippen molar-refractivity contribution in [2.24, 2.45) is 0 Å². The van der Waals surface area contributed by atoms with E-state index in [1.54, 1.807) is 36.7 Å². The van der Waals surface area contributed by atoms with Crippen molar-refractivity contribution >= 4 is 52.6 Å². The van der Waals surface area contributed by atoms with E-state index in [0.29, 0.717) is 26.3 Å². The fourth-order valence-corrected chi connectivity index (χ4v) is 4.15. The van der Waals surface area contributed by atoms with Gasteiger partial charge in [0.2, 0.25) is 5.91 Å². The summed E-state index contributed by atoms with van der Waals surface area (Å²) in [5, 5.41) is 5.31. The average molecular weight is 477 g/mol. The topological polar surface area (TPSA) is 93.1 Å². The molecule has 0 saturated carbocycles. The van der Waals surface area contributed by atoms with E-state index < -0.39 is 17.6 Å². The Morgan fingerprint density at radius 3 is 2.45 bits per heavy atom. The molecule has 1 heterocycles.